The Morgan fingerprint density at radius 1 is 1.21 bits per heavy atom. The Morgan fingerprint density at radius 2 is 2.03 bits per heavy atom. The predicted molar refractivity (Wildman–Crippen MR) is 118 cm³/mol. The number of hydrogen-bond donors (Lipinski definition) is 0. The van der Waals surface area contributed by atoms with Crippen LogP contribution in [0.5, 0.6) is 5.75 Å². The molecule has 2 aromatic carbocycles. The number of aromatic nitrogens is 2. The number of fused-ring (bicyclic) bond motifs is 1. The predicted octanol–water partition coefficient (Wildman–Crippen LogP) is 3.52. The van der Waals surface area contributed by atoms with E-state index in [0.717, 1.165) is 11.3 Å². The van der Waals surface area contributed by atoms with E-state index in [1.807, 2.05) is 24.3 Å². The van der Waals surface area contributed by atoms with E-state index in [9.17, 15) is 14.0 Å². The number of nitrogens with zero attached hydrogens (tertiary/aromatic N) is 4. The van der Waals surface area contributed by atoms with Crippen LogP contribution in [0, 0.1) is 5.82 Å². The molecule has 5 rings (SSSR count). The largest absolute Gasteiger partial charge is 0.497 e. The van der Waals surface area contributed by atoms with Gasteiger partial charge in [0.1, 0.15) is 29.9 Å². The molecular weight excluding hydrogens is 427 g/mol. The number of methoxy groups -OCH3 is 1. The molecule has 8 nitrogen and oxygen atoms in total. The van der Waals surface area contributed by atoms with Crippen LogP contribution in [0.3, 0.4) is 0 Å². The highest BCUT2D eigenvalue weighted by atomic mass is 19.1. The number of carbonyl (C=O) groups is 1. The number of halogens is 1. The molecule has 1 aliphatic rings. The van der Waals surface area contributed by atoms with Crippen molar-refractivity contribution in [2.75, 3.05) is 7.11 Å². The Balaban J connectivity index is 1.46. The third-order valence-corrected chi connectivity index (χ3v) is 5.55. The Morgan fingerprint density at radius 3 is 2.76 bits per heavy atom. The zero-order valence-electron chi connectivity index (χ0n) is 17.6. The Kier molecular flexibility index (Phi) is 5.21. The normalized spacial score (nSPS) is 15.6. The maximum atomic E-state index is 13.4. The molecule has 3 heterocycles. The molecule has 0 N–H and O–H groups in total. The first-order valence-corrected chi connectivity index (χ1v) is 10.3. The van der Waals surface area contributed by atoms with E-state index in [2.05, 4.69) is 10.1 Å². The van der Waals surface area contributed by atoms with E-state index in [-0.39, 0.29) is 17.4 Å². The summed E-state index contributed by atoms with van der Waals surface area (Å²) in [6.45, 7) is -0.268. The van der Waals surface area contributed by atoms with Crippen molar-refractivity contribution in [1.82, 2.24) is 14.6 Å². The standard InChI is InChI=1S/C24H19FN4O4/c1-32-17-7-4-15(5-8-17)19-12-21(22-3-2-10-33-22)29(27-19)23(30)13-28-14-26-20-11-16(25)6-9-18(20)24(28)31/h2-11,14,21H,12-13H2,1H3/t21-/m1/s1. The van der Waals surface area contributed by atoms with E-state index >= 15 is 0 Å². The molecular formula is C24H19FN4O4. The van der Waals surface area contributed by atoms with Crippen molar-refractivity contribution in [3.05, 3.63) is 94.7 Å². The van der Waals surface area contributed by atoms with Crippen molar-refractivity contribution >= 4 is 22.5 Å². The average Bonchev–Trinajstić information content (AvgIpc) is 3.51. The number of furan rings is 1. The molecule has 0 saturated carbocycles. The van der Waals surface area contributed by atoms with Gasteiger partial charge in [-0.25, -0.2) is 14.4 Å². The molecule has 33 heavy (non-hydrogen) atoms. The zero-order chi connectivity index (χ0) is 22.9. The van der Waals surface area contributed by atoms with Crippen LogP contribution in [0.15, 0.2) is 81.5 Å². The highest BCUT2D eigenvalue weighted by molar-refractivity contribution is 6.03. The molecule has 0 spiro atoms. The fourth-order valence-corrected chi connectivity index (χ4v) is 3.86. The lowest BCUT2D eigenvalue weighted by atomic mass is 10.0. The molecule has 0 radical (unpaired) electrons. The lowest BCUT2D eigenvalue weighted by molar-refractivity contribution is -0.134. The second-order valence-electron chi connectivity index (χ2n) is 7.59. The van der Waals surface area contributed by atoms with E-state index in [4.69, 9.17) is 9.15 Å². The smallest absolute Gasteiger partial charge is 0.263 e. The van der Waals surface area contributed by atoms with Crippen LogP contribution in [0.4, 0.5) is 4.39 Å². The summed E-state index contributed by atoms with van der Waals surface area (Å²) in [6.07, 6.45) is 3.24. The van der Waals surface area contributed by atoms with Crippen LogP contribution in [0.25, 0.3) is 10.9 Å². The van der Waals surface area contributed by atoms with Gasteiger partial charge < -0.3 is 9.15 Å². The van der Waals surface area contributed by atoms with Crippen LogP contribution in [-0.2, 0) is 11.3 Å². The van der Waals surface area contributed by atoms with Crippen LogP contribution >= 0.6 is 0 Å². The molecule has 0 fully saturated rings. The number of benzene rings is 2. The fraction of sp³-hybridized carbons (Fsp3) is 0.167. The van der Waals surface area contributed by atoms with Crippen molar-refractivity contribution in [1.29, 1.82) is 0 Å². The van der Waals surface area contributed by atoms with Gasteiger partial charge in [-0.05, 0) is 54.1 Å². The minimum atomic E-state index is -0.484. The molecule has 2 aromatic heterocycles. The van der Waals surface area contributed by atoms with Gasteiger partial charge in [0.25, 0.3) is 11.5 Å². The molecule has 0 bridgehead atoms. The molecule has 166 valence electrons. The number of hydrazone groups is 1. The molecule has 0 saturated heterocycles. The van der Waals surface area contributed by atoms with Crippen molar-refractivity contribution in [2.45, 2.75) is 19.0 Å². The van der Waals surface area contributed by atoms with Gasteiger partial charge in [-0.2, -0.15) is 5.10 Å². The number of amides is 1. The summed E-state index contributed by atoms with van der Waals surface area (Å²) in [5.41, 5.74) is 1.38. The van der Waals surface area contributed by atoms with Gasteiger partial charge in [0.05, 0.1) is 36.3 Å². The molecule has 9 heteroatoms. The highest BCUT2D eigenvalue weighted by Gasteiger charge is 2.35. The van der Waals surface area contributed by atoms with E-state index in [1.165, 1.54) is 34.1 Å². The Hall–Kier alpha value is -4.27. The van der Waals surface area contributed by atoms with Crippen LogP contribution in [0.1, 0.15) is 23.8 Å². The summed E-state index contributed by atoms with van der Waals surface area (Å²) in [5, 5.41) is 6.15. The van der Waals surface area contributed by atoms with Gasteiger partial charge in [-0.1, -0.05) is 0 Å². The maximum Gasteiger partial charge on any atom is 0.263 e. The molecule has 0 aliphatic carbocycles. The number of carbonyl (C=O) groups excluding carboxylic acids is 1. The van der Waals surface area contributed by atoms with Crippen LogP contribution < -0.4 is 10.3 Å². The molecule has 1 atom stereocenters. The summed E-state index contributed by atoms with van der Waals surface area (Å²) < 4.78 is 25.4. The first kappa shape index (κ1) is 20.6. The summed E-state index contributed by atoms with van der Waals surface area (Å²) in [7, 11) is 1.59. The van der Waals surface area contributed by atoms with Gasteiger partial charge in [-0.15, -0.1) is 0 Å². The third-order valence-electron chi connectivity index (χ3n) is 5.55. The first-order chi connectivity index (χ1) is 16.0. The van der Waals surface area contributed by atoms with Crippen LogP contribution in [0.2, 0.25) is 0 Å². The average molecular weight is 446 g/mol. The minimum absolute atomic E-state index is 0.234. The second kappa shape index (κ2) is 8.34. The fourth-order valence-electron chi connectivity index (χ4n) is 3.86. The summed E-state index contributed by atoms with van der Waals surface area (Å²) in [5.74, 6) is 0.429. The first-order valence-electron chi connectivity index (χ1n) is 10.3. The van der Waals surface area contributed by atoms with Crippen molar-refractivity contribution in [3.63, 3.8) is 0 Å². The maximum absolute atomic E-state index is 13.4. The number of ether oxygens (including phenoxy) is 1. The summed E-state index contributed by atoms with van der Waals surface area (Å²) in [6, 6.07) is 14.2. The van der Waals surface area contributed by atoms with E-state index in [1.54, 1.807) is 25.5 Å². The van der Waals surface area contributed by atoms with Gasteiger partial charge in [0, 0.05) is 12.5 Å². The molecule has 1 aliphatic heterocycles. The third kappa shape index (κ3) is 3.89. The van der Waals surface area contributed by atoms with Crippen molar-refractivity contribution < 1.29 is 18.3 Å². The monoisotopic (exact) mass is 446 g/mol. The Labute approximate surface area is 187 Å². The van der Waals surface area contributed by atoms with Crippen molar-refractivity contribution in [3.8, 4) is 5.75 Å². The number of rotatable bonds is 5. The lowest BCUT2D eigenvalue weighted by Gasteiger charge is -2.20. The summed E-state index contributed by atoms with van der Waals surface area (Å²) >= 11 is 0. The molecule has 0 unspecified atom stereocenters. The SMILES string of the molecule is COc1ccc(C2=NN(C(=O)Cn3cnc4cc(F)ccc4c3=O)[C@@H](c3ccco3)C2)cc1. The van der Waals surface area contributed by atoms with Crippen LogP contribution in [-0.4, -0.2) is 33.3 Å². The van der Waals surface area contributed by atoms with E-state index < -0.39 is 23.3 Å². The minimum Gasteiger partial charge on any atom is -0.497 e. The molecule has 1 amide bonds. The quantitative estimate of drug-likeness (QED) is 0.468. The van der Waals surface area contributed by atoms with Crippen molar-refractivity contribution in [2.24, 2.45) is 5.10 Å². The summed E-state index contributed by atoms with van der Waals surface area (Å²) in [4.78, 5) is 30.2. The zero-order valence-corrected chi connectivity index (χ0v) is 17.6. The van der Waals surface area contributed by atoms with Gasteiger partial charge in [-0.3, -0.25) is 14.2 Å². The Bertz CT molecular complexity index is 1410. The van der Waals surface area contributed by atoms with Gasteiger partial charge in [0.2, 0.25) is 0 Å². The lowest BCUT2D eigenvalue weighted by Crippen LogP contribution is -2.34. The van der Waals surface area contributed by atoms with E-state index in [0.29, 0.717) is 17.9 Å². The molecule has 4 aromatic rings. The highest BCUT2D eigenvalue weighted by Crippen LogP contribution is 2.33. The number of hydrogen-bond acceptors (Lipinski definition) is 6. The topological polar surface area (TPSA) is 89.9 Å². The van der Waals surface area contributed by atoms with Gasteiger partial charge >= 0.3 is 0 Å². The second-order valence-corrected chi connectivity index (χ2v) is 7.59. The van der Waals surface area contributed by atoms with Gasteiger partial charge in [0.15, 0.2) is 0 Å².